The van der Waals surface area contributed by atoms with Crippen LogP contribution in [0.15, 0.2) is 73.1 Å². The number of benzene rings is 2. The SMILES string of the molecule is NCC1CCN(c2c(F)cccc2NC(=O)c2ncc(-c3ccnc(NCc4ccccc4)c3)[nH]2)CC1. The maximum atomic E-state index is 14.8. The van der Waals surface area contributed by atoms with E-state index in [0.717, 1.165) is 24.0 Å². The number of amides is 1. The van der Waals surface area contributed by atoms with Gasteiger partial charge in [0.05, 0.1) is 23.3 Å². The second kappa shape index (κ2) is 11.2. The van der Waals surface area contributed by atoms with Crippen molar-refractivity contribution in [2.45, 2.75) is 19.4 Å². The molecule has 0 aliphatic carbocycles. The molecule has 9 heteroatoms. The van der Waals surface area contributed by atoms with E-state index in [1.54, 1.807) is 24.5 Å². The van der Waals surface area contributed by atoms with Gasteiger partial charge in [-0.25, -0.2) is 14.4 Å². The number of aromatic amines is 1. The largest absolute Gasteiger partial charge is 0.367 e. The minimum atomic E-state index is -0.438. The van der Waals surface area contributed by atoms with Gasteiger partial charge in [0.15, 0.2) is 5.82 Å². The molecule has 2 aromatic heterocycles. The Morgan fingerprint density at radius 2 is 1.89 bits per heavy atom. The molecule has 5 rings (SSSR count). The number of nitrogens with two attached hydrogens (primary N) is 1. The van der Waals surface area contributed by atoms with Crippen molar-refractivity contribution in [2.75, 3.05) is 35.2 Å². The highest BCUT2D eigenvalue weighted by atomic mass is 19.1. The average Bonchev–Trinajstić information content (AvgIpc) is 3.44. The van der Waals surface area contributed by atoms with Crippen LogP contribution in [0.2, 0.25) is 0 Å². The van der Waals surface area contributed by atoms with Crippen molar-refractivity contribution in [3.8, 4) is 11.3 Å². The Balaban J connectivity index is 1.28. The standard InChI is InChI=1S/C28H30FN7O/c29-22-7-4-8-23(26(22)36-13-10-19(16-30)11-14-36)35-28(37)27-33-18-24(34-27)21-9-12-31-25(15-21)32-17-20-5-2-1-3-6-20/h1-9,12,15,18-19H,10-11,13-14,16-17,30H2,(H,31,32)(H,33,34)(H,35,37). The zero-order valence-electron chi connectivity index (χ0n) is 20.5. The van der Waals surface area contributed by atoms with E-state index in [4.69, 9.17) is 5.73 Å². The Morgan fingerprint density at radius 1 is 1.08 bits per heavy atom. The number of pyridine rings is 1. The molecule has 3 heterocycles. The molecule has 2 aromatic carbocycles. The number of anilines is 3. The van der Waals surface area contributed by atoms with Crippen molar-refractivity contribution in [1.82, 2.24) is 15.0 Å². The van der Waals surface area contributed by atoms with Crippen LogP contribution in [0.3, 0.4) is 0 Å². The maximum Gasteiger partial charge on any atom is 0.291 e. The molecule has 4 aromatic rings. The molecule has 0 spiro atoms. The lowest BCUT2D eigenvalue weighted by Gasteiger charge is -2.34. The first-order chi connectivity index (χ1) is 18.1. The van der Waals surface area contributed by atoms with E-state index in [-0.39, 0.29) is 11.6 Å². The van der Waals surface area contributed by atoms with Crippen LogP contribution < -0.4 is 21.3 Å². The van der Waals surface area contributed by atoms with E-state index >= 15 is 0 Å². The fourth-order valence-electron chi connectivity index (χ4n) is 4.58. The van der Waals surface area contributed by atoms with Crippen LogP contribution in [-0.2, 0) is 6.54 Å². The van der Waals surface area contributed by atoms with Crippen molar-refractivity contribution in [3.63, 3.8) is 0 Å². The number of rotatable bonds is 8. The van der Waals surface area contributed by atoms with Crippen molar-refractivity contribution in [2.24, 2.45) is 11.7 Å². The van der Waals surface area contributed by atoms with Crippen LogP contribution >= 0.6 is 0 Å². The Hall–Kier alpha value is -4.24. The van der Waals surface area contributed by atoms with Crippen molar-refractivity contribution < 1.29 is 9.18 Å². The normalized spacial score (nSPS) is 13.9. The Morgan fingerprint density at radius 3 is 2.68 bits per heavy atom. The minimum Gasteiger partial charge on any atom is -0.367 e. The van der Waals surface area contributed by atoms with Gasteiger partial charge in [0.1, 0.15) is 11.6 Å². The average molecular weight is 500 g/mol. The molecule has 0 saturated carbocycles. The summed E-state index contributed by atoms with van der Waals surface area (Å²) in [6.45, 7) is 2.67. The van der Waals surface area contributed by atoms with Gasteiger partial charge >= 0.3 is 0 Å². The number of carbonyl (C=O) groups excluding carboxylic acids is 1. The predicted molar refractivity (Wildman–Crippen MR) is 144 cm³/mol. The summed E-state index contributed by atoms with van der Waals surface area (Å²) in [5.74, 6) is 0.500. The number of hydrogen-bond acceptors (Lipinski definition) is 6. The topological polar surface area (TPSA) is 112 Å². The molecular weight excluding hydrogens is 469 g/mol. The van der Waals surface area contributed by atoms with Crippen LogP contribution in [-0.4, -0.2) is 40.5 Å². The molecule has 0 unspecified atom stereocenters. The van der Waals surface area contributed by atoms with Gasteiger partial charge in [0.25, 0.3) is 5.91 Å². The third-order valence-electron chi connectivity index (χ3n) is 6.68. The fourth-order valence-corrected chi connectivity index (χ4v) is 4.58. The molecule has 1 aliphatic heterocycles. The monoisotopic (exact) mass is 499 g/mol. The molecule has 37 heavy (non-hydrogen) atoms. The molecule has 190 valence electrons. The number of hydrogen-bond donors (Lipinski definition) is 4. The minimum absolute atomic E-state index is 0.141. The summed E-state index contributed by atoms with van der Waals surface area (Å²) in [5.41, 5.74) is 9.29. The summed E-state index contributed by atoms with van der Waals surface area (Å²) < 4.78 is 14.8. The zero-order valence-corrected chi connectivity index (χ0v) is 20.5. The van der Waals surface area contributed by atoms with E-state index in [1.807, 2.05) is 47.4 Å². The smallest absolute Gasteiger partial charge is 0.291 e. The molecule has 0 bridgehead atoms. The second-order valence-electron chi connectivity index (χ2n) is 9.17. The molecule has 0 atom stereocenters. The van der Waals surface area contributed by atoms with E-state index in [2.05, 4.69) is 25.6 Å². The number of para-hydroxylation sites is 1. The fraction of sp³-hybridized carbons (Fsp3) is 0.250. The van der Waals surface area contributed by atoms with Crippen LogP contribution in [0, 0.1) is 11.7 Å². The molecule has 1 saturated heterocycles. The highest BCUT2D eigenvalue weighted by Gasteiger charge is 2.24. The van der Waals surface area contributed by atoms with Gasteiger partial charge in [-0.2, -0.15) is 0 Å². The quantitative estimate of drug-likeness (QED) is 0.281. The first kappa shape index (κ1) is 24.5. The summed E-state index contributed by atoms with van der Waals surface area (Å²) >= 11 is 0. The molecule has 5 N–H and O–H groups in total. The maximum absolute atomic E-state index is 14.8. The molecule has 8 nitrogen and oxygen atoms in total. The van der Waals surface area contributed by atoms with Crippen molar-refractivity contribution in [1.29, 1.82) is 0 Å². The highest BCUT2D eigenvalue weighted by Crippen LogP contribution is 2.32. The number of piperidine rings is 1. The summed E-state index contributed by atoms with van der Waals surface area (Å²) in [4.78, 5) is 26.7. The highest BCUT2D eigenvalue weighted by molar-refractivity contribution is 6.04. The molecule has 1 amide bonds. The summed E-state index contributed by atoms with van der Waals surface area (Å²) in [5, 5.41) is 6.15. The lowest BCUT2D eigenvalue weighted by atomic mass is 9.96. The number of nitrogens with one attached hydrogen (secondary N) is 3. The van der Waals surface area contributed by atoms with Gasteiger partial charge in [0, 0.05) is 31.4 Å². The van der Waals surface area contributed by atoms with Crippen LogP contribution in [0.5, 0.6) is 0 Å². The number of carbonyl (C=O) groups is 1. The van der Waals surface area contributed by atoms with Gasteiger partial charge in [-0.05, 0) is 55.1 Å². The van der Waals surface area contributed by atoms with Crippen LogP contribution in [0.1, 0.15) is 29.0 Å². The lowest BCUT2D eigenvalue weighted by Crippen LogP contribution is -2.37. The lowest BCUT2D eigenvalue weighted by molar-refractivity contribution is 0.101. The van der Waals surface area contributed by atoms with E-state index in [1.165, 1.54) is 6.07 Å². The number of aromatic nitrogens is 3. The number of imidazole rings is 1. The molecule has 0 radical (unpaired) electrons. The third-order valence-corrected chi connectivity index (χ3v) is 6.68. The molecular formula is C28H30FN7O. The summed E-state index contributed by atoms with van der Waals surface area (Å²) in [7, 11) is 0. The van der Waals surface area contributed by atoms with E-state index in [9.17, 15) is 9.18 Å². The molecule has 1 aliphatic rings. The van der Waals surface area contributed by atoms with Crippen LogP contribution in [0.25, 0.3) is 11.3 Å². The first-order valence-electron chi connectivity index (χ1n) is 12.4. The van der Waals surface area contributed by atoms with Crippen molar-refractivity contribution in [3.05, 3.63) is 90.3 Å². The summed E-state index contributed by atoms with van der Waals surface area (Å²) in [6, 6.07) is 18.5. The second-order valence-corrected chi connectivity index (χ2v) is 9.17. The Bertz CT molecular complexity index is 1350. The van der Waals surface area contributed by atoms with Crippen LogP contribution in [0.4, 0.5) is 21.6 Å². The number of H-pyrrole nitrogens is 1. The van der Waals surface area contributed by atoms with Gasteiger partial charge in [-0.3, -0.25) is 4.79 Å². The Labute approximate surface area is 215 Å². The van der Waals surface area contributed by atoms with Crippen molar-refractivity contribution >= 4 is 23.1 Å². The van der Waals surface area contributed by atoms with E-state index < -0.39 is 5.91 Å². The zero-order chi connectivity index (χ0) is 25.6. The van der Waals surface area contributed by atoms with Gasteiger partial charge in [-0.15, -0.1) is 0 Å². The van der Waals surface area contributed by atoms with Gasteiger partial charge in [0.2, 0.25) is 0 Å². The van der Waals surface area contributed by atoms with Gasteiger partial charge in [-0.1, -0.05) is 36.4 Å². The first-order valence-corrected chi connectivity index (χ1v) is 12.4. The summed E-state index contributed by atoms with van der Waals surface area (Å²) in [6.07, 6.45) is 5.10. The number of nitrogens with zero attached hydrogens (tertiary/aromatic N) is 3. The molecule has 1 fully saturated rings. The number of halogens is 1. The predicted octanol–water partition coefficient (Wildman–Crippen LogP) is 4.65. The van der Waals surface area contributed by atoms with Gasteiger partial charge < -0.3 is 26.3 Å². The van der Waals surface area contributed by atoms with E-state index in [0.29, 0.717) is 55.0 Å². The third kappa shape index (κ3) is 5.78. The Kier molecular flexibility index (Phi) is 7.41.